The molecule has 1 heterocycles. The highest BCUT2D eigenvalue weighted by Gasteiger charge is 2.18. The monoisotopic (exact) mass is 309 g/mol. The Morgan fingerprint density at radius 2 is 2.19 bits per heavy atom. The molecule has 0 bridgehead atoms. The van der Waals surface area contributed by atoms with Crippen LogP contribution in [0.25, 0.3) is 11.0 Å². The molecule has 21 heavy (non-hydrogen) atoms. The summed E-state index contributed by atoms with van der Waals surface area (Å²) in [7, 11) is 0.705. The molecule has 2 aromatic rings. The first-order valence-corrected chi connectivity index (χ1v) is 8.79. The van der Waals surface area contributed by atoms with Crippen molar-refractivity contribution in [2.45, 2.75) is 19.4 Å². The molecular weight excluding hydrogens is 286 g/mol. The SMILES string of the molecule is CCCNC(CS(=O)CCOC)c1cc2ccccc2o1. The molecule has 0 saturated carbocycles. The van der Waals surface area contributed by atoms with E-state index >= 15 is 0 Å². The maximum absolute atomic E-state index is 12.1. The van der Waals surface area contributed by atoms with Crippen molar-refractivity contribution in [3.05, 3.63) is 36.1 Å². The number of hydrogen-bond acceptors (Lipinski definition) is 4. The van der Waals surface area contributed by atoms with Crippen LogP contribution in [0.1, 0.15) is 25.1 Å². The van der Waals surface area contributed by atoms with Crippen LogP contribution < -0.4 is 5.32 Å². The Morgan fingerprint density at radius 1 is 1.38 bits per heavy atom. The topological polar surface area (TPSA) is 51.5 Å². The third kappa shape index (κ3) is 4.66. The van der Waals surface area contributed by atoms with E-state index in [4.69, 9.17) is 9.15 Å². The lowest BCUT2D eigenvalue weighted by atomic mass is 10.2. The van der Waals surface area contributed by atoms with Crippen molar-refractivity contribution in [2.24, 2.45) is 0 Å². The van der Waals surface area contributed by atoms with Crippen LogP contribution in [0, 0.1) is 0 Å². The van der Waals surface area contributed by atoms with E-state index in [1.54, 1.807) is 7.11 Å². The normalized spacial score (nSPS) is 14.4. The van der Waals surface area contributed by atoms with Gasteiger partial charge in [0.05, 0.1) is 12.6 Å². The number of para-hydroxylation sites is 1. The summed E-state index contributed by atoms with van der Waals surface area (Å²) in [6.45, 7) is 3.51. The summed E-state index contributed by atoms with van der Waals surface area (Å²) in [5, 5.41) is 4.51. The molecule has 0 saturated heterocycles. The molecule has 0 aliphatic carbocycles. The Labute approximate surface area is 128 Å². The molecule has 1 N–H and O–H groups in total. The highest BCUT2D eigenvalue weighted by molar-refractivity contribution is 7.85. The number of furan rings is 1. The Balaban J connectivity index is 2.12. The number of hydrogen-bond donors (Lipinski definition) is 1. The molecule has 5 heteroatoms. The fourth-order valence-corrected chi connectivity index (χ4v) is 3.35. The number of ether oxygens (including phenoxy) is 1. The Kier molecular flexibility index (Phi) is 6.42. The fraction of sp³-hybridized carbons (Fsp3) is 0.500. The van der Waals surface area contributed by atoms with Crippen LogP contribution in [0.5, 0.6) is 0 Å². The van der Waals surface area contributed by atoms with Gasteiger partial charge in [-0.25, -0.2) is 0 Å². The van der Waals surface area contributed by atoms with Crippen molar-refractivity contribution >= 4 is 21.8 Å². The quantitative estimate of drug-likeness (QED) is 0.774. The van der Waals surface area contributed by atoms with Crippen molar-refractivity contribution in [1.29, 1.82) is 0 Å². The summed E-state index contributed by atoms with van der Waals surface area (Å²) >= 11 is 0. The molecule has 0 radical (unpaired) electrons. The molecule has 4 nitrogen and oxygen atoms in total. The summed E-state index contributed by atoms with van der Waals surface area (Å²) in [4.78, 5) is 0. The maximum atomic E-state index is 12.1. The highest BCUT2D eigenvalue weighted by atomic mass is 32.2. The number of benzene rings is 1. The van der Waals surface area contributed by atoms with Gasteiger partial charge in [-0.05, 0) is 25.1 Å². The molecule has 0 fully saturated rings. The Hall–Kier alpha value is -1.17. The summed E-state index contributed by atoms with van der Waals surface area (Å²) < 4.78 is 23.0. The second-order valence-corrected chi connectivity index (χ2v) is 6.62. The molecule has 0 aliphatic heterocycles. The van der Waals surface area contributed by atoms with Crippen molar-refractivity contribution in [3.63, 3.8) is 0 Å². The first kappa shape index (κ1) is 16.2. The van der Waals surface area contributed by atoms with Gasteiger partial charge in [-0.3, -0.25) is 4.21 Å². The van der Waals surface area contributed by atoms with E-state index < -0.39 is 10.8 Å². The minimum atomic E-state index is -0.923. The number of nitrogens with one attached hydrogen (secondary N) is 1. The van der Waals surface area contributed by atoms with Gasteiger partial charge in [-0.2, -0.15) is 0 Å². The van der Waals surface area contributed by atoms with Gasteiger partial charge >= 0.3 is 0 Å². The van der Waals surface area contributed by atoms with Gasteiger partial charge in [0.15, 0.2) is 0 Å². The number of fused-ring (bicyclic) bond motifs is 1. The lowest BCUT2D eigenvalue weighted by molar-refractivity contribution is 0.218. The lowest BCUT2D eigenvalue weighted by Gasteiger charge is -2.15. The molecule has 0 aliphatic rings. The molecule has 1 aromatic heterocycles. The van der Waals surface area contributed by atoms with E-state index in [2.05, 4.69) is 12.2 Å². The van der Waals surface area contributed by atoms with Gasteiger partial charge in [0.2, 0.25) is 0 Å². The molecule has 2 atom stereocenters. The van der Waals surface area contributed by atoms with Crippen LogP contribution in [-0.2, 0) is 15.5 Å². The minimum Gasteiger partial charge on any atom is -0.459 e. The molecule has 2 rings (SSSR count). The highest BCUT2D eigenvalue weighted by Crippen LogP contribution is 2.24. The van der Waals surface area contributed by atoms with Gasteiger partial charge in [-0.1, -0.05) is 25.1 Å². The van der Waals surface area contributed by atoms with Crippen molar-refractivity contribution in [1.82, 2.24) is 5.32 Å². The van der Waals surface area contributed by atoms with Gasteiger partial charge in [-0.15, -0.1) is 0 Å². The van der Waals surface area contributed by atoms with Crippen LogP contribution >= 0.6 is 0 Å². The average Bonchev–Trinajstić information content (AvgIpc) is 2.93. The van der Waals surface area contributed by atoms with Gasteiger partial charge < -0.3 is 14.5 Å². The molecule has 116 valence electrons. The van der Waals surface area contributed by atoms with E-state index in [-0.39, 0.29) is 6.04 Å². The third-order valence-corrected chi connectivity index (χ3v) is 4.62. The number of rotatable bonds is 9. The van der Waals surface area contributed by atoms with Gasteiger partial charge in [0.25, 0.3) is 0 Å². The zero-order valence-electron chi connectivity index (χ0n) is 12.6. The predicted molar refractivity (Wildman–Crippen MR) is 87.0 cm³/mol. The zero-order chi connectivity index (χ0) is 15.1. The van der Waals surface area contributed by atoms with Gasteiger partial charge in [0.1, 0.15) is 11.3 Å². The first-order valence-electron chi connectivity index (χ1n) is 7.30. The van der Waals surface area contributed by atoms with Crippen molar-refractivity contribution in [3.8, 4) is 0 Å². The molecular formula is C16H23NO3S. The zero-order valence-corrected chi connectivity index (χ0v) is 13.4. The van der Waals surface area contributed by atoms with E-state index in [0.29, 0.717) is 18.1 Å². The lowest BCUT2D eigenvalue weighted by Crippen LogP contribution is -2.27. The second kappa shape index (κ2) is 8.32. The standard InChI is InChI=1S/C16H23NO3S/c1-3-8-17-14(12-21(18)10-9-19-2)16-11-13-6-4-5-7-15(13)20-16/h4-7,11,14,17H,3,8-10,12H2,1-2H3. The summed E-state index contributed by atoms with van der Waals surface area (Å²) in [5.74, 6) is 1.96. The third-order valence-electron chi connectivity index (χ3n) is 3.30. The predicted octanol–water partition coefficient (Wildman–Crippen LogP) is 2.87. The minimum absolute atomic E-state index is 0.0185. The van der Waals surface area contributed by atoms with E-state index in [1.165, 1.54) is 0 Å². The largest absolute Gasteiger partial charge is 0.459 e. The number of methoxy groups -OCH3 is 1. The summed E-state index contributed by atoms with van der Waals surface area (Å²) in [5.41, 5.74) is 0.874. The molecule has 2 unspecified atom stereocenters. The second-order valence-electron chi connectivity index (χ2n) is 5.00. The van der Waals surface area contributed by atoms with Crippen LogP contribution in [0.3, 0.4) is 0 Å². The van der Waals surface area contributed by atoms with E-state index in [1.807, 2.05) is 30.3 Å². The summed E-state index contributed by atoms with van der Waals surface area (Å²) in [6, 6.07) is 9.96. The van der Waals surface area contributed by atoms with Crippen LogP contribution in [0.2, 0.25) is 0 Å². The van der Waals surface area contributed by atoms with E-state index in [9.17, 15) is 4.21 Å². The van der Waals surface area contributed by atoms with Crippen molar-refractivity contribution in [2.75, 3.05) is 31.8 Å². The van der Waals surface area contributed by atoms with Gasteiger partial charge in [0, 0.05) is 34.8 Å². The molecule has 1 aromatic carbocycles. The van der Waals surface area contributed by atoms with E-state index in [0.717, 1.165) is 29.7 Å². The van der Waals surface area contributed by atoms with Crippen molar-refractivity contribution < 1.29 is 13.4 Å². The maximum Gasteiger partial charge on any atom is 0.134 e. The Bertz CT molecular complexity index is 549. The summed E-state index contributed by atoms with van der Waals surface area (Å²) in [6.07, 6.45) is 1.03. The molecule has 0 spiro atoms. The molecule has 0 amide bonds. The Morgan fingerprint density at radius 3 is 2.90 bits per heavy atom. The fourth-order valence-electron chi connectivity index (χ4n) is 2.18. The van der Waals surface area contributed by atoms with Crippen LogP contribution in [0.15, 0.2) is 34.7 Å². The first-order chi connectivity index (χ1) is 10.2. The van der Waals surface area contributed by atoms with Crippen LogP contribution in [-0.4, -0.2) is 36.0 Å². The average molecular weight is 309 g/mol. The smallest absolute Gasteiger partial charge is 0.134 e. The van der Waals surface area contributed by atoms with Crippen LogP contribution in [0.4, 0.5) is 0 Å².